The molecule has 0 saturated carbocycles. The minimum Gasteiger partial charge on any atom is -0.382 e. The maximum atomic E-state index is 13.3. The van der Waals surface area contributed by atoms with Crippen molar-refractivity contribution in [3.05, 3.63) is 108 Å². The van der Waals surface area contributed by atoms with Crippen molar-refractivity contribution in [3.63, 3.8) is 0 Å². The number of hydrogen-bond acceptors (Lipinski definition) is 5. The molecule has 34 heavy (non-hydrogen) atoms. The highest BCUT2D eigenvalue weighted by Crippen LogP contribution is 2.28. The van der Waals surface area contributed by atoms with Gasteiger partial charge in [-0.2, -0.15) is 0 Å². The van der Waals surface area contributed by atoms with E-state index < -0.39 is 6.03 Å². The van der Waals surface area contributed by atoms with E-state index in [0.717, 1.165) is 5.69 Å². The normalized spacial score (nSPS) is 10.4. The van der Waals surface area contributed by atoms with Crippen molar-refractivity contribution in [1.29, 1.82) is 0 Å². The second kappa shape index (κ2) is 10.5. The molecule has 0 aliphatic rings. The van der Waals surface area contributed by atoms with E-state index in [1.165, 1.54) is 6.20 Å². The van der Waals surface area contributed by atoms with Crippen LogP contribution in [0.5, 0.6) is 0 Å². The lowest BCUT2D eigenvalue weighted by Crippen LogP contribution is -2.29. The third-order valence-corrected chi connectivity index (χ3v) is 5.07. The van der Waals surface area contributed by atoms with Crippen LogP contribution in [-0.4, -0.2) is 21.9 Å². The van der Waals surface area contributed by atoms with Crippen LogP contribution >= 0.6 is 11.6 Å². The van der Waals surface area contributed by atoms with E-state index in [4.69, 9.17) is 17.3 Å². The van der Waals surface area contributed by atoms with Crippen LogP contribution in [0.4, 0.5) is 27.7 Å². The SMILES string of the molecule is Nc1ncc(Cl)nc1CNC(=O)Nc1ccc(N(C(=O)c2ccccc2)c2ccccc2)cc1. The fourth-order valence-electron chi connectivity index (χ4n) is 3.25. The lowest BCUT2D eigenvalue weighted by Gasteiger charge is -2.23. The van der Waals surface area contributed by atoms with Crippen molar-refractivity contribution in [3.8, 4) is 0 Å². The number of para-hydroxylation sites is 1. The Balaban J connectivity index is 1.48. The van der Waals surface area contributed by atoms with E-state index in [2.05, 4.69) is 20.6 Å². The number of anilines is 4. The molecule has 0 spiro atoms. The van der Waals surface area contributed by atoms with Crippen LogP contribution in [0, 0.1) is 0 Å². The molecule has 4 rings (SSSR count). The number of carbonyl (C=O) groups excluding carboxylic acids is 2. The first-order valence-corrected chi connectivity index (χ1v) is 10.8. The maximum Gasteiger partial charge on any atom is 0.319 e. The molecule has 3 amide bonds. The van der Waals surface area contributed by atoms with Crippen LogP contribution in [-0.2, 0) is 6.54 Å². The van der Waals surface area contributed by atoms with Gasteiger partial charge in [0.25, 0.3) is 5.91 Å². The Kier molecular flexibility index (Phi) is 7.00. The third-order valence-electron chi connectivity index (χ3n) is 4.89. The average Bonchev–Trinajstić information content (AvgIpc) is 2.87. The number of hydrogen-bond donors (Lipinski definition) is 3. The Labute approximate surface area is 201 Å². The van der Waals surface area contributed by atoms with Gasteiger partial charge in [-0.1, -0.05) is 48.0 Å². The number of carbonyl (C=O) groups is 2. The molecule has 0 bridgehead atoms. The number of rotatable bonds is 6. The molecule has 1 heterocycles. The number of halogens is 1. The van der Waals surface area contributed by atoms with Gasteiger partial charge in [0.15, 0.2) is 0 Å². The van der Waals surface area contributed by atoms with Crippen molar-refractivity contribution >= 4 is 46.4 Å². The first-order chi connectivity index (χ1) is 16.5. The van der Waals surface area contributed by atoms with Gasteiger partial charge in [-0.25, -0.2) is 14.8 Å². The number of nitrogens with zero attached hydrogens (tertiary/aromatic N) is 3. The predicted molar refractivity (Wildman–Crippen MR) is 133 cm³/mol. The molecule has 0 fully saturated rings. The smallest absolute Gasteiger partial charge is 0.319 e. The Bertz CT molecular complexity index is 1280. The topological polar surface area (TPSA) is 113 Å². The average molecular weight is 473 g/mol. The second-order valence-corrected chi connectivity index (χ2v) is 7.61. The summed E-state index contributed by atoms with van der Waals surface area (Å²) in [6.45, 7) is 0.0661. The molecule has 3 aromatic carbocycles. The van der Waals surface area contributed by atoms with E-state index in [9.17, 15) is 9.59 Å². The number of nitrogens with two attached hydrogens (primary N) is 1. The van der Waals surface area contributed by atoms with Crippen molar-refractivity contribution in [2.24, 2.45) is 0 Å². The van der Waals surface area contributed by atoms with Crippen molar-refractivity contribution in [2.75, 3.05) is 16.0 Å². The predicted octanol–water partition coefficient (Wildman–Crippen LogP) is 5.01. The van der Waals surface area contributed by atoms with Crippen molar-refractivity contribution in [2.45, 2.75) is 6.54 Å². The van der Waals surface area contributed by atoms with E-state index in [1.54, 1.807) is 41.3 Å². The molecule has 1 aromatic heterocycles. The van der Waals surface area contributed by atoms with Crippen molar-refractivity contribution < 1.29 is 9.59 Å². The molecule has 0 aliphatic carbocycles. The summed E-state index contributed by atoms with van der Waals surface area (Å²) in [5, 5.41) is 5.59. The number of nitrogen functional groups attached to an aromatic ring is 1. The van der Waals surface area contributed by atoms with E-state index in [1.807, 2.05) is 48.5 Å². The zero-order valence-corrected chi connectivity index (χ0v) is 18.7. The van der Waals surface area contributed by atoms with Crippen molar-refractivity contribution in [1.82, 2.24) is 15.3 Å². The highest BCUT2D eigenvalue weighted by atomic mass is 35.5. The summed E-state index contributed by atoms with van der Waals surface area (Å²) in [5.41, 5.74) is 8.63. The summed E-state index contributed by atoms with van der Waals surface area (Å²) < 4.78 is 0. The molecule has 170 valence electrons. The summed E-state index contributed by atoms with van der Waals surface area (Å²) >= 11 is 5.82. The van der Waals surface area contributed by atoms with E-state index >= 15 is 0 Å². The second-order valence-electron chi connectivity index (χ2n) is 7.22. The van der Waals surface area contributed by atoms with Gasteiger partial charge in [0.2, 0.25) is 0 Å². The minimum absolute atomic E-state index is 0.0661. The lowest BCUT2D eigenvalue weighted by molar-refractivity contribution is 0.0999. The monoisotopic (exact) mass is 472 g/mol. The van der Waals surface area contributed by atoms with E-state index in [-0.39, 0.29) is 23.4 Å². The molecule has 0 atom stereocenters. The number of amides is 3. The third kappa shape index (κ3) is 5.48. The zero-order valence-electron chi connectivity index (χ0n) is 18.0. The Morgan fingerprint density at radius 2 is 1.50 bits per heavy atom. The molecule has 4 N–H and O–H groups in total. The summed E-state index contributed by atoms with van der Waals surface area (Å²) in [7, 11) is 0. The molecule has 9 heteroatoms. The molecule has 0 unspecified atom stereocenters. The molecular formula is C25H21ClN6O2. The first kappa shape index (κ1) is 22.8. The first-order valence-electron chi connectivity index (χ1n) is 10.4. The lowest BCUT2D eigenvalue weighted by atomic mass is 10.1. The van der Waals surface area contributed by atoms with Crippen LogP contribution in [0.1, 0.15) is 16.1 Å². The minimum atomic E-state index is -0.450. The van der Waals surface area contributed by atoms with Gasteiger partial charge >= 0.3 is 6.03 Å². The van der Waals surface area contributed by atoms with Gasteiger partial charge in [-0.05, 0) is 48.5 Å². The highest BCUT2D eigenvalue weighted by Gasteiger charge is 2.19. The van der Waals surface area contributed by atoms with Gasteiger partial charge in [-0.3, -0.25) is 9.69 Å². The van der Waals surface area contributed by atoms with Gasteiger partial charge in [-0.15, -0.1) is 0 Å². The standard InChI is InChI=1S/C25H21ClN6O2/c26-22-16-28-23(27)21(31-22)15-29-25(34)30-18-11-13-20(14-12-18)32(19-9-5-2-6-10-19)24(33)17-7-3-1-4-8-17/h1-14,16H,15H2,(H2,27,28)(H2,29,30,34). The molecular weight excluding hydrogens is 452 g/mol. The Morgan fingerprint density at radius 1 is 0.882 bits per heavy atom. The van der Waals surface area contributed by atoms with Gasteiger partial charge in [0, 0.05) is 22.6 Å². The Hall–Kier alpha value is -4.43. The fourth-order valence-corrected chi connectivity index (χ4v) is 3.40. The summed E-state index contributed by atoms with van der Waals surface area (Å²) in [6, 6.07) is 25.0. The number of urea groups is 1. The summed E-state index contributed by atoms with van der Waals surface area (Å²) in [4.78, 5) is 35.2. The highest BCUT2D eigenvalue weighted by molar-refractivity contribution is 6.29. The molecule has 8 nitrogen and oxygen atoms in total. The molecule has 0 aliphatic heterocycles. The Morgan fingerprint density at radius 3 is 2.18 bits per heavy atom. The summed E-state index contributed by atoms with van der Waals surface area (Å²) in [5.74, 6) is 0.0311. The van der Waals surface area contributed by atoms with E-state index in [0.29, 0.717) is 22.6 Å². The fraction of sp³-hybridized carbons (Fsp3) is 0.0400. The maximum absolute atomic E-state index is 13.3. The molecule has 0 radical (unpaired) electrons. The van der Waals surface area contributed by atoms with Gasteiger partial charge in [0.1, 0.15) is 16.7 Å². The molecule has 0 saturated heterocycles. The zero-order chi connectivity index (χ0) is 23.9. The van der Waals surface area contributed by atoms with Crippen LogP contribution in [0.2, 0.25) is 5.15 Å². The van der Waals surface area contributed by atoms with Gasteiger partial charge in [0.05, 0.1) is 12.7 Å². The van der Waals surface area contributed by atoms with Crippen LogP contribution < -0.4 is 21.3 Å². The largest absolute Gasteiger partial charge is 0.382 e. The number of nitrogens with one attached hydrogen (secondary N) is 2. The van der Waals surface area contributed by atoms with Crippen LogP contribution in [0.15, 0.2) is 91.1 Å². The van der Waals surface area contributed by atoms with Gasteiger partial charge < -0.3 is 16.4 Å². The quantitative estimate of drug-likeness (QED) is 0.365. The molecule has 4 aromatic rings. The number of aromatic nitrogens is 2. The van der Waals surface area contributed by atoms with Crippen LogP contribution in [0.3, 0.4) is 0 Å². The summed E-state index contributed by atoms with van der Waals surface area (Å²) in [6.07, 6.45) is 1.34. The number of benzene rings is 3. The van der Waals surface area contributed by atoms with Crippen LogP contribution in [0.25, 0.3) is 0 Å².